The molecule has 0 fully saturated rings. The quantitative estimate of drug-likeness (QED) is 0.558. The van der Waals surface area contributed by atoms with Crippen molar-refractivity contribution in [1.29, 1.82) is 0 Å². The molecule has 0 saturated heterocycles. The molecule has 8 heavy (non-hydrogen) atoms. The summed E-state index contributed by atoms with van der Waals surface area (Å²) >= 11 is 9.18. The first-order valence-electron chi connectivity index (χ1n) is 2.37. The van der Waals surface area contributed by atoms with Gasteiger partial charge in [0.25, 0.3) is 0 Å². The summed E-state index contributed by atoms with van der Waals surface area (Å²) in [4.78, 5) is 0. The fourth-order valence-electron chi connectivity index (χ4n) is 0.303. The Morgan fingerprint density at radius 3 is 2.12 bits per heavy atom. The van der Waals surface area contributed by atoms with Gasteiger partial charge in [-0.25, -0.2) is 0 Å². The third kappa shape index (κ3) is 3.18. The summed E-state index contributed by atoms with van der Waals surface area (Å²) in [6, 6.07) is 0. The number of ether oxygens (including phenoxy) is 1. The molecule has 0 amide bonds. The Hall–Kier alpha value is 0.140. The zero-order valence-corrected chi connectivity index (χ0v) is 6.30. The molecule has 0 unspecified atom stereocenters. The maximum Gasteiger partial charge on any atom is 0.114 e. The van der Waals surface area contributed by atoms with E-state index >= 15 is 0 Å². The van der Waals surface area contributed by atoms with Crippen molar-refractivity contribution < 1.29 is 4.74 Å². The predicted molar refractivity (Wildman–Crippen MR) is 42.7 cm³/mol. The maximum absolute atomic E-state index is 5.02. The first kappa shape index (κ1) is 8.14. The first-order valence-corrected chi connectivity index (χ1v) is 3.31. The third-order valence-corrected chi connectivity index (χ3v) is 1.16. The van der Waals surface area contributed by atoms with Crippen molar-refractivity contribution in [3.05, 3.63) is 0 Å². The van der Waals surface area contributed by atoms with Crippen molar-refractivity contribution in [3.63, 3.8) is 0 Å². The molecule has 0 bridgehead atoms. The number of hydrogen-bond acceptors (Lipinski definition) is 3. The largest absolute Gasteiger partial charge is 0.369 e. The summed E-state index contributed by atoms with van der Waals surface area (Å²) in [6.07, 6.45) is -0.120. The van der Waals surface area contributed by atoms with Crippen LogP contribution in [-0.4, -0.2) is 23.4 Å². The van der Waals surface area contributed by atoms with Gasteiger partial charge in [0.2, 0.25) is 0 Å². The molecule has 0 aromatic rings. The summed E-state index contributed by atoms with van der Waals surface area (Å²) in [7, 11) is 0. The van der Waals surface area contributed by atoms with Gasteiger partial charge in [-0.15, -0.1) is 0 Å². The second kappa shape index (κ2) is 5.28. The molecule has 0 N–H and O–H groups in total. The molecule has 0 atom stereocenters. The van der Waals surface area contributed by atoms with Crippen LogP contribution in [0.5, 0.6) is 0 Å². The highest BCUT2D eigenvalue weighted by Gasteiger charge is 1.94. The molecule has 0 aliphatic heterocycles. The zero-order valence-electron chi connectivity index (χ0n) is 4.66. The van der Waals surface area contributed by atoms with E-state index in [1.807, 2.05) is 6.92 Å². The highest BCUT2D eigenvalue weighted by molar-refractivity contribution is 7.80. The standard InChI is InChI=1S/C5H8OS2/c1-2-6-5(3-7)4-8/h3-5H,2H2,1H3. The van der Waals surface area contributed by atoms with Crippen LogP contribution in [0.25, 0.3) is 0 Å². The van der Waals surface area contributed by atoms with Crippen molar-refractivity contribution in [2.24, 2.45) is 0 Å². The first-order chi connectivity index (χ1) is 3.85. The van der Waals surface area contributed by atoms with Crippen LogP contribution in [-0.2, 0) is 4.74 Å². The Balaban J connectivity index is 3.35. The predicted octanol–water partition coefficient (Wildman–Crippen LogP) is 1.39. The molecule has 0 aliphatic rings. The summed E-state index contributed by atoms with van der Waals surface area (Å²) in [5, 5.41) is 3.02. The number of thiocarbonyl (C=S) groups is 2. The smallest absolute Gasteiger partial charge is 0.114 e. The summed E-state index contributed by atoms with van der Waals surface area (Å²) in [6.45, 7) is 2.57. The highest BCUT2D eigenvalue weighted by atomic mass is 32.1. The summed E-state index contributed by atoms with van der Waals surface area (Å²) in [5.41, 5.74) is 0. The maximum atomic E-state index is 5.02. The Morgan fingerprint density at radius 1 is 1.50 bits per heavy atom. The Bertz CT molecular complexity index is 74.5. The van der Waals surface area contributed by atoms with Gasteiger partial charge >= 0.3 is 0 Å². The fourth-order valence-corrected chi connectivity index (χ4v) is 0.717. The molecule has 0 radical (unpaired) electrons. The van der Waals surface area contributed by atoms with Crippen molar-refractivity contribution >= 4 is 35.2 Å². The molecule has 46 valence electrons. The summed E-state index contributed by atoms with van der Waals surface area (Å²) in [5.74, 6) is 0. The van der Waals surface area contributed by atoms with Crippen LogP contribution in [0.2, 0.25) is 0 Å². The molecule has 0 heterocycles. The van der Waals surface area contributed by atoms with Crippen molar-refractivity contribution in [2.45, 2.75) is 13.0 Å². The van der Waals surface area contributed by atoms with Gasteiger partial charge in [0.1, 0.15) is 6.10 Å². The van der Waals surface area contributed by atoms with Crippen LogP contribution >= 0.6 is 24.4 Å². The molecular formula is C5H8OS2. The number of rotatable bonds is 4. The van der Waals surface area contributed by atoms with E-state index in [1.165, 1.54) is 10.7 Å². The molecule has 0 spiro atoms. The topological polar surface area (TPSA) is 9.23 Å². The van der Waals surface area contributed by atoms with Gasteiger partial charge in [0.05, 0.1) is 0 Å². The van der Waals surface area contributed by atoms with Crippen LogP contribution < -0.4 is 0 Å². The minimum atomic E-state index is -0.120. The van der Waals surface area contributed by atoms with Crippen LogP contribution in [0.4, 0.5) is 0 Å². The van der Waals surface area contributed by atoms with Crippen molar-refractivity contribution in [1.82, 2.24) is 0 Å². The van der Waals surface area contributed by atoms with Gasteiger partial charge in [0, 0.05) is 17.3 Å². The average molecular weight is 148 g/mol. The van der Waals surface area contributed by atoms with Crippen LogP contribution in [0.15, 0.2) is 0 Å². The molecule has 1 nitrogen and oxygen atoms in total. The molecule has 0 aromatic heterocycles. The minimum absolute atomic E-state index is 0.120. The second-order valence-corrected chi connectivity index (χ2v) is 1.74. The second-order valence-electron chi connectivity index (χ2n) is 1.19. The minimum Gasteiger partial charge on any atom is -0.369 e. The summed E-state index contributed by atoms with van der Waals surface area (Å²) < 4.78 is 5.02. The Kier molecular flexibility index (Phi) is 5.37. The van der Waals surface area contributed by atoms with E-state index in [1.54, 1.807) is 0 Å². The molecule has 0 aliphatic carbocycles. The lowest BCUT2D eigenvalue weighted by Crippen LogP contribution is -2.13. The molecule has 3 heteroatoms. The van der Waals surface area contributed by atoms with Crippen LogP contribution in [0.1, 0.15) is 6.92 Å². The molecule has 0 aromatic carbocycles. The van der Waals surface area contributed by atoms with E-state index in [0.29, 0.717) is 6.61 Å². The Labute approximate surface area is 60.0 Å². The molecule has 0 saturated carbocycles. The van der Waals surface area contributed by atoms with E-state index in [0.717, 1.165) is 0 Å². The average Bonchev–Trinajstić information content (AvgIpc) is 1.83. The van der Waals surface area contributed by atoms with Gasteiger partial charge < -0.3 is 4.74 Å². The van der Waals surface area contributed by atoms with Gasteiger partial charge in [0.15, 0.2) is 0 Å². The van der Waals surface area contributed by atoms with E-state index in [4.69, 9.17) is 4.74 Å². The fraction of sp³-hybridized carbons (Fsp3) is 0.600. The SMILES string of the molecule is CCOC(C=S)C=S. The van der Waals surface area contributed by atoms with E-state index in [9.17, 15) is 0 Å². The number of hydrogen-bond donors (Lipinski definition) is 0. The lowest BCUT2D eigenvalue weighted by atomic mass is 10.5. The molecule has 0 rings (SSSR count). The van der Waals surface area contributed by atoms with Crippen LogP contribution in [0.3, 0.4) is 0 Å². The van der Waals surface area contributed by atoms with Crippen LogP contribution in [0, 0.1) is 0 Å². The zero-order chi connectivity index (χ0) is 6.41. The van der Waals surface area contributed by atoms with Crippen molar-refractivity contribution in [2.75, 3.05) is 6.61 Å². The van der Waals surface area contributed by atoms with E-state index in [-0.39, 0.29) is 6.10 Å². The lowest BCUT2D eigenvalue weighted by molar-refractivity contribution is 0.160. The Morgan fingerprint density at radius 2 is 2.00 bits per heavy atom. The highest BCUT2D eigenvalue weighted by Crippen LogP contribution is 1.83. The normalized spacial score (nSPS) is 9.25. The third-order valence-electron chi connectivity index (χ3n) is 0.627. The van der Waals surface area contributed by atoms with Gasteiger partial charge in [-0.3, -0.25) is 0 Å². The van der Waals surface area contributed by atoms with E-state index in [2.05, 4.69) is 24.4 Å². The van der Waals surface area contributed by atoms with Gasteiger partial charge in [-0.2, -0.15) is 0 Å². The monoisotopic (exact) mass is 148 g/mol. The van der Waals surface area contributed by atoms with E-state index < -0.39 is 0 Å². The lowest BCUT2D eigenvalue weighted by Gasteiger charge is -2.01. The van der Waals surface area contributed by atoms with Gasteiger partial charge in [-0.05, 0) is 6.92 Å². The molecular weight excluding hydrogens is 140 g/mol. The van der Waals surface area contributed by atoms with Gasteiger partial charge in [-0.1, -0.05) is 24.4 Å². The van der Waals surface area contributed by atoms with Crippen molar-refractivity contribution in [3.8, 4) is 0 Å².